The zero-order valence-electron chi connectivity index (χ0n) is 13.2. The summed E-state index contributed by atoms with van der Waals surface area (Å²) in [4.78, 5) is 10.7. The normalized spacial score (nSPS) is 10.8. The highest BCUT2D eigenvalue weighted by Crippen LogP contribution is 2.23. The third kappa shape index (κ3) is 5.16. The number of aromatic nitrogens is 2. The number of hydrogen-bond donors (Lipinski definition) is 2. The summed E-state index contributed by atoms with van der Waals surface area (Å²) in [5.41, 5.74) is 2.06. The van der Waals surface area contributed by atoms with Gasteiger partial charge in [0.25, 0.3) is 0 Å². The van der Waals surface area contributed by atoms with Crippen molar-refractivity contribution in [3.05, 3.63) is 41.2 Å². The number of anilines is 3. The quantitative estimate of drug-likeness (QED) is 0.764. The van der Waals surface area contributed by atoms with Gasteiger partial charge in [-0.05, 0) is 57.7 Å². The SMILES string of the molecule is Cc1cc(Cl)ccc1Nc1cc(NCCCN(C)C)ncn1. The fourth-order valence-electron chi connectivity index (χ4n) is 2.04. The van der Waals surface area contributed by atoms with Crippen LogP contribution >= 0.6 is 11.6 Å². The maximum atomic E-state index is 5.97. The van der Waals surface area contributed by atoms with Gasteiger partial charge in [0.15, 0.2) is 0 Å². The van der Waals surface area contributed by atoms with Gasteiger partial charge < -0.3 is 15.5 Å². The Morgan fingerprint density at radius 3 is 2.64 bits per heavy atom. The van der Waals surface area contributed by atoms with Gasteiger partial charge in [-0.1, -0.05) is 11.6 Å². The molecule has 22 heavy (non-hydrogen) atoms. The van der Waals surface area contributed by atoms with E-state index in [1.807, 2.05) is 31.2 Å². The molecule has 0 spiro atoms. The molecule has 1 aromatic heterocycles. The van der Waals surface area contributed by atoms with E-state index in [-0.39, 0.29) is 0 Å². The Morgan fingerprint density at radius 1 is 1.14 bits per heavy atom. The van der Waals surface area contributed by atoms with Crippen LogP contribution in [0.1, 0.15) is 12.0 Å². The third-order valence-corrected chi connectivity index (χ3v) is 3.44. The van der Waals surface area contributed by atoms with Crippen molar-refractivity contribution >= 4 is 28.9 Å². The van der Waals surface area contributed by atoms with E-state index in [4.69, 9.17) is 11.6 Å². The van der Waals surface area contributed by atoms with Crippen molar-refractivity contribution in [2.24, 2.45) is 0 Å². The molecule has 0 aliphatic heterocycles. The maximum absolute atomic E-state index is 5.97. The van der Waals surface area contributed by atoms with E-state index >= 15 is 0 Å². The standard InChI is InChI=1S/C16H22ClN5/c1-12-9-13(17)5-6-14(12)21-16-10-15(19-11-20-16)18-7-4-8-22(2)3/h5-6,9-11H,4,7-8H2,1-3H3,(H2,18,19,20,21). The second-order valence-corrected chi connectivity index (χ2v) is 5.89. The summed E-state index contributed by atoms with van der Waals surface area (Å²) in [6.07, 6.45) is 2.62. The molecule has 0 radical (unpaired) electrons. The van der Waals surface area contributed by atoms with Crippen LogP contribution in [0.2, 0.25) is 5.02 Å². The van der Waals surface area contributed by atoms with Crippen molar-refractivity contribution in [2.45, 2.75) is 13.3 Å². The molecule has 0 atom stereocenters. The van der Waals surface area contributed by atoms with Crippen molar-refractivity contribution in [1.82, 2.24) is 14.9 Å². The first-order valence-corrected chi connectivity index (χ1v) is 7.66. The fourth-order valence-corrected chi connectivity index (χ4v) is 2.27. The summed E-state index contributed by atoms with van der Waals surface area (Å²) in [6.45, 7) is 3.94. The van der Waals surface area contributed by atoms with Crippen LogP contribution in [0.15, 0.2) is 30.6 Å². The summed E-state index contributed by atoms with van der Waals surface area (Å²) >= 11 is 5.97. The van der Waals surface area contributed by atoms with E-state index in [0.717, 1.165) is 47.4 Å². The zero-order valence-corrected chi connectivity index (χ0v) is 14.0. The number of hydrogen-bond acceptors (Lipinski definition) is 5. The lowest BCUT2D eigenvalue weighted by Crippen LogP contribution is -2.16. The molecule has 0 aliphatic carbocycles. The first kappa shape index (κ1) is 16.5. The fraction of sp³-hybridized carbons (Fsp3) is 0.375. The van der Waals surface area contributed by atoms with Crippen LogP contribution in [0.5, 0.6) is 0 Å². The molecular formula is C16H22ClN5. The van der Waals surface area contributed by atoms with Crippen LogP contribution < -0.4 is 10.6 Å². The van der Waals surface area contributed by atoms with Crippen LogP contribution in [-0.4, -0.2) is 42.1 Å². The van der Waals surface area contributed by atoms with E-state index in [0.29, 0.717) is 0 Å². The lowest BCUT2D eigenvalue weighted by Gasteiger charge is -2.12. The Morgan fingerprint density at radius 2 is 1.91 bits per heavy atom. The number of rotatable bonds is 7. The number of halogens is 1. The minimum Gasteiger partial charge on any atom is -0.370 e. The molecule has 2 aromatic rings. The minimum atomic E-state index is 0.731. The van der Waals surface area contributed by atoms with Gasteiger partial charge in [0.2, 0.25) is 0 Å². The molecule has 0 fully saturated rings. The Hall–Kier alpha value is -1.85. The Bertz CT molecular complexity index is 615. The van der Waals surface area contributed by atoms with Gasteiger partial charge in [0.05, 0.1) is 0 Å². The van der Waals surface area contributed by atoms with Gasteiger partial charge in [-0.3, -0.25) is 0 Å². The van der Waals surface area contributed by atoms with Crippen molar-refractivity contribution < 1.29 is 0 Å². The predicted molar refractivity (Wildman–Crippen MR) is 93.2 cm³/mol. The number of benzene rings is 1. The molecule has 1 heterocycles. The monoisotopic (exact) mass is 319 g/mol. The Labute approximate surface area is 136 Å². The molecule has 5 nitrogen and oxygen atoms in total. The minimum absolute atomic E-state index is 0.731. The number of nitrogens with one attached hydrogen (secondary N) is 2. The molecule has 2 rings (SSSR count). The van der Waals surface area contributed by atoms with Crippen molar-refractivity contribution in [3.63, 3.8) is 0 Å². The van der Waals surface area contributed by atoms with E-state index in [1.165, 1.54) is 0 Å². The lowest BCUT2D eigenvalue weighted by atomic mass is 10.2. The lowest BCUT2D eigenvalue weighted by molar-refractivity contribution is 0.405. The third-order valence-electron chi connectivity index (χ3n) is 3.21. The van der Waals surface area contributed by atoms with E-state index in [2.05, 4.69) is 39.6 Å². The molecule has 2 N–H and O–H groups in total. The van der Waals surface area contributed by atoms with Gasteiger partial charge in [-0.25, -0.2) is 9.97 Å². The first-order valence-electron chi connectivity index (χ1n) is 7.28. The van der Waals surface area contributed by atoms with Crippen LogP contribution in [0, 0.1) is 6.92 Å². The van der Waals surface area contributed by atoms with Gasteiger partial charge in [0, 0.05) is 23.3 Å². The Kier molecular flexibility index (Phi) is 5.98. The molecule has 1 aromatic carbocycles. The van der Waals surface area contributed by atoms with Crippen molar-refractivity contribution in [2.75, 3.05) is 37.8 Å². The van der Waals surface area contributed by atoms with Crippen LogP contribution in [0.4, 0.5) is 17.3 Å². The van der Waals surface area contributed by atoms with E-state index in [1.54, 1.807) is 6.33 Å². The largest absolute Gasteiger partial charge is 0.370 e. The average Bonchev–Trinajstić information content (AvgIpc) is 2.47. The number of nitrogens with zero attached hydrogens (tertiary/aromatic N) is 3. The molecule has 118 valence electrons. The molecular weight excluding hydrogens is 298 g/mol. The van der Waals surface area contributed by atoms with Gasteiger partial charge in [0.1, 0.15) is 18.0 Å². The summed E-state index contributed by atoms with van der Waals surface area (Å²) in [7, 11) is 4.14. The molecule has 0 saturated heterocycles. The highest BCUT2D eigenvalue weighted by Gasteiger charge is 2.03. The van der Waals surface area contributed by atoms with Crippen LogP contribution in [0.25, 0.3) is 0 Å². The van der Waals surface area contributed by atoms with Crippen LogP contribution in [-0.2, 0) is 0 Å². The van der Waals surface area contributed by atoms with Crippen molar-refractivity contribution in [1.29, 1.82) is 0 Å². The highest BCUT2D eigenvalue weighted by atomic mass is 35.5. The van der Waals surface area contributed by atoms with E-state index < -0.39 is 0 Å². The van der Waals surface area contributed by atoms with Crippen molar-refractivity contribution in [3.8, 4) is 0 Å². The van der Waals surface area contributed by atoms with Crippen LogP contribution in [0.3, 0.4) is 0 Å². The zero-order chi connectivity index (χ0) is 15.9. The Balaban J connectivity index is 1.96. The van der Waals surface area contributed by atoms with Gasteiger partial charge in [-0.15, -0.1) is 0 Å². The molecule has 0 aliphatic rings. The second-order valence-electron chi connectivity index (χ2n) is 5.46. The number of aryl methyl sites for hydroxylation is 1. The van der Waals surface area contributed by atoms with Gasteiger partial charge >= 0.3 is 0 Å². The molecule has 0 saturated carbocycles. The smallest absolute Gasteiger partial charge is 0.135 e. The molecule has 0 bridgehead atoms. The summed E-state index contributed by atoms with van der Waals surface area (Å²) in [6, 6.07) is 7.64. The molecule has 6 heteroatoms. The van der Waals surface area contributed by atoms with E-state index in [9.17, 15) is 0 Å². The van der Waals surface area contributed by atoms with Gasteiger partial charge in [-0.2, -0.15) is 0 Å². The average molecular weight is 320 g/mol. The summed E-state index contributed by atoms with van der Waals surface area (Å²) in [5.74, 6) is 1.58. The molecule has 0 unspecified atom stereocenters. The predicted octanol–water partition coefficient (Wildman–Crippen LogP) is 3.55. The first-order chi connectivity index (χ1) is 10.5. The summed E-state index contributed by atoms with van der Waals surface area (Å²) in [5, 5.41) is 7.33. The molecule has 0 amide bonds. The summed E-state index contributed by atoms with van der Waals surface area (Å²) < 4.78 is 0. The maximum Gasteiger partial charge on any atom is 0.135 e. The highest BCUT2D eigenvalue weighted by molar-refractivity contribution is 6.30. The topological polar surface area (TPSA) is 53.1 Å². The second kappa shape index (κ2) is 7.96.